The molecule has 0 aliphatic rings. The van der Waals surface area contributed by atoms with E-state index in [0.29, 0.717) is 40.5 Å². The number of hydrogen-bond acceptors (Lipinski definition) is 4. The van der Waals surface area contributed by atoms with E-state index >= 15 is 0 Å². The Labute approximate surface area is 181 Å². The van der Waals surface area contributed by atoms with Crippen LogP contribution in [0.4, 0.5) is 0 Å². The molecule has 0 fully saturated rings. The van der Waals surface area contributed by atoms with Crippen LogP contribution >= 0.6 is 15.9 Å². The summed E-state index contributed by atoms with van der Waals surface area (Å²) in [5.74, 6) is 1.01. The van der Waals surface area contributed by atoms with Gasteiger partial charge in [0.15, 0.2) is 11.3 Å². The smallest absolute Gasteiger partial charge is 0.265 e. The van der Waals surface area contributed by atoms with E-state index in [1.54, 1.807) is 4.57 Å². The fraction of sp³-hybridized carbons (Fsp3) is 0.217. The molecule has 0 amide bonds. The molecule has 7 heteroatoms. The standard InChI is InChI=1S/C23H20BrN5O/c1-13(2)12-28-14(3)25-21-19(23(28)30)20-22(27-18-7-5-4-6-17(18)26-20)29(21)16-10-8-15(24)9-11-16/h4-11,13H,12H2,1-3H3. The topological polar surface area (TPSA) is 65.6 Å². The Morgan fingerprint density at radius 1 is 0.933 bits per heavy atom. The van der Waals surface area contributed by atoms with Crippen molar-refractivity contribution in [3.05, 3.63) is 69.2 Å². The number of aromatic nitrogens is 5. The molecule has 2 aromatic carbocycles. The third kappa shape index (κ3) is 2.92. The number of hydrogen-bond donors (Lipinski definition) is 0. The van der Waals surface area contributed by atoms with Gasteiger partial charge in [0.25, 0.3) is 5.56 Å². The first-order chi connectivity index (χ1) is 14.4. The first-order valence-corrected chi connectivity index (χ1v) is 10.7. The molecule has 3 aromatic heterocycles. The van der Waals surface area contributed by atoms with E-state index in [1.807, 2.05) is 60.0 Å². The van der Waals surface area contributed by atoms with E-state index in [4.69, 9.17) is 15.0 Å². The molecule has 0 N–H and O–H groups in total. The molecular formula is C23H20BrN5O. The van der Waals surface area contributed by atoms with Crippen molar-refractivity contribution >= 4 is 49.2 Å². The highest BCUT2D eigenvalue weighted by molar-refractivity contribution is 9.10. The van der Waals surface area contributed by atoms with Crippen molar-refractivity contribution in [1.29, 1.82) is 0 Å². The van der Waals surface area contributed by atoms with Crippen LogP contribution in [0.15, 0.2) is 57.8 Å². The van der Waals surface area contributed by atoms with Crippen LogP contribution in [-0.4, -0.2) is 24.1 Å². The van der Waals surface area contributed by atoms with Crippen LogP contribution in [0.5, 0.6) is 0 Å². The van der Waals surface area contributed by atoms with E-state index in [9.17, 15) is 4.79 Å². The van der Waals surface area contributed by atoms with E-state index in [-0.39, 0.29) is 5.56 Å². The Balaban J connectivity index is 1.99. The Bertz CT molecular complexity index is 1480. The fourth-order valence-electron chi connectivity index (χ4n) is 3.85. The lowest BCUT2D eigenvalue weighted by Crippen LogP contribution is -2.26. The third-order valence-electron chi connectivity index (χ3n) is 5.19. The van der Waals surface area contributed by atoms with E-state index in [1.165, 1.54) is 0 Å². The molecule has 0 unspecified atom stereocenters. The van der Waals surface area contributed by atoms with Gasteiger partial charge < -0.3 is 0 Å². The molecule has 150 valence electrons. The third-order valence-corrected chi connectivity index (χ3v) is 5.71. The van der Waals surface area contributed by atoms with Crippen LogP contribution in [0, 0.1) is 12.8 Å². The van der Waals surface area contributed by atoms with Crippen molar-refractivity contribution in [2.75, 3.05) is 0 Å². The number of benzene rings is 2. The van der Waals surface area contributed by atoms with Crippen molar-refractivity contribution in [2.45, 2.75) is 27.3 Å². The van der Waals surface area contributed by atoms with Gasteiger partial charge in [0.2, 0.25) is 0 Å². The van der Waals surface area contributed by atoms with Crippen LogP contribution in [0.3, 0.4) is 0 Å². The first-order valence-electron chi connectivity index (χ1n) is 9.88. The minimum atomic E-state index is -0.0726. The number of halogens is 1. The summed E-state index contributed by atoms with van der Waals surface area (Å²) in [6, 6.07) is 15.6. The molecule has 0 aliphatic heterocycles. The molecule has 0 saturated carbocycles. The van der Waals surface area contributed by atoms with Crippen LogP contribution < -0.4 is 5.56 Å². The lowest BCUT2D eigenvalue weighted by molar-refractivity contribution is 0.498. The average molecular weight is 462 g/mol. The second-order valence-corrected chi connectivity index (χ2v) is 8.78. The zero-order valence-electron chi connectivity index (χ0n) is 16.9. The number of nitrogens with zero attached hydrogens (tertiary/aromatic N) is 5. The molecule has 5 rings (SSSR count). The zero-order chi connectivity index (χ0) is 21.0. The van der Waals surface area contributed by atoms with Gasteiger partial charge in [-0.15, -0.1) is 0 Å². The number of para-hydroxylation sites is 2. The molecular weight excluding hydrogens is 442 g/mol. The van der Waals surface area contributed by atoms with Gasteiger partial charge in [-0.05, 0) is 49.2 Å². The summed E-state index contributed by atoms with van der Waals surface area (Å²) < 4.78 is 4.66. The fourth-order valence-corrected chi connectivity index (χ4v) is 4.11. The van der Waals surface area contributed by atoms with Gasteiger partial charge in [-0.3, -0.25) is 13.9 Å². The van der Waals surface area contributed by atoms with Crippen molar-refractivity contribution < 1.29 is 0 Å². The maximum absolute atomic E-state index is 13.6. The van der Waals surface area contributed by atoms with Gasteiger partial charge in [-0.2, -0.15) is 0 Å². The molecule has 6 nitrogen and oxygen atoms in total. The summed E-state index contributed by atoms with van der Waals surface area (Å²) in [4.78, 5) is 28.1. The molecule has 0 aliphatic carbocycles. The molecule has 0 bridgehead atoms. The second-order valence-electron chi connectivity index (χ2n) is 7.86. The van der Waals surface area contributed by atoms with Gasteiger partial charge in [-0.1, -0.05) is 41.9 Å². The van der Waals surface area contributed by atoms with E-state index in [2.05, 4.69) is 29.8 Å². The van der Waals surface area contributed by atoms with Crippen LogP contribution in [0.25, 0.3) is 38.9 Å². The average Bonchev–Trinajstić information content (AvgIpc) is 3.02. The number of aryl methyl sites for hydroxylation is 1. The van der Waals surface area contributed by atoms with Crippen molar-refractivity contribution in [3.8, 4) is 5.69 Å². The highest BCUT2D eigenvalue weighted by Gasteiger charge is 2.22. The van der Waals surface area contributed by atoms with E-state index < -0.39 is 0 Å². The second kappa shape index (κ2) is 7.02. The van der Waals surface area contributed by atoms with Gasteiger partial charge in [-0.25, -0.2) is 15.0 Å². The largest absolute Gasteiger partial charge is 0.296 e. The lowest BCUT2D eigenvalue weighted by Gasteiger charge is -2.12. The normalized spacial score (nSPS) is 11.9. The van der Waals surface area contributed by atoms with Gasteiger partial charge in [0.05, 0.1) is 11.0 Å². The molecule has 5 aromatic rings. The Morgan fingerprint density at radius 2 is 1.60 bits per heavy atom. The summed E-state index contributed by atoms with van der Waals surface area (Å²) in [5.41, 5.74) is 4.16. The van der Waals surface area contributed by atoms with Crippen molar-refractivity contribution in [1.82, 2.24) is 24.1 Å². The summed E-state index contributed by atoms with van der Waals surface area (Å²) in [7, 11) is 0. The Hall–Kier alpha value is -3.06. The van der Waals surface area contributed by atoms with Crippen molar-refractivity contribution in [3.63, 3.8) is 0 Å². The highest BCUT2D eigenvalue weighted by atomic mass is 79.9. The minimum absolute atomic E-state index is 0.0726. The molecule has 30 heavy (non-hydrogen) atoms. The maximum atomic E-state index is 13.6. The van der Waals surface area contributed by atoms with Gasteiger partial charge >= 0.3 is 0 Å². The molecule has 0 radical (unpaired) electrons. The van der Waals surface area contributed by atoms with Crippen molar-refractivity contribution in [2.24, 2.45) is 5.92 Å². The van der Waals surface area contributed by atoms with Gasteiger partial charge in [0.1, 0.15) is 16.7 Å². The molecule has 0 spiro atoms. The molecule has 0 atom stereocenters. The number of rotatable bonds is 3. The number of fused-ring (bicyclic) bond motifs is 4. The minimum Gasteiger partial charge on any atom is -0.296 e. The summed E-state index contributed by atoms with van der Waals surface area (Å²) >= 11 is 3.49. The predicted octanol–water partition coefficient (Wildman–Crippen LogP) is 5.01. The Morgan fingerprint density at radius 3 is 2.27 bits per heavy atom. The van der Waals surface area contributed by atoms with Gasteiger partial charge in [0, 0.05) is 16.7 Å². The zero-order valence-corrected chi connectivity index (χ0v) is 18.5. The van der Waals surface area contributed by atoms with Crippen LogP contribution in [0.1, 0.15) is 19.7 Å². The Kier molecular flexibility index (Phi) is 4.43. The SMILES string of the molecule is Cc1nc2c(c(=O)n1CC(C)C)c1nc3ccccc3nc1n2-c1ccc(Br)cc1. The maximum Gasteiger partial charge on any atom is 0.265 e. The quantitative estimate of drug-likeness (QED) is 0.378. The lowest BCUT2D eigenvalue weighted by atomic mass is 10.2. The predicted molar refractivity (Wildman–Crippen MR) is 123 cm³/mol. The summed E-state index contributed by atoms with van der Waals surface area (Å²) in [6.07, 6.45) is 0. The van der Waals surface area contributed by atoms with Crippen LogP contribution in [-0.2, 0) is 6.54 Å². The molecule has 0 saturated heterocycles. The monoisotopic (exact) mass is 461 g/mol. The molecule has 3 heterocycles. The highest BCUT2D eigenvalue weighted by Crippen LogP contribution is 2.29. The van der Waals surface area contributed by atoms with E-state index in [0.717, 1.165) is 21.2 Å². The van der Waals surface area contributed by atoms with Crippen LogP contribution in [0.2, 0.25) is 0 Å². The summed E-state index contributed by atoms with van der Waals surface area (Å²) in [6.45, 7) is 6.67. The summed E-state index contributed by atoms with van der Waals surface area (Å²) in [5, 5.41) is 0.512. The first kappa shape index (κ1) is 18.9.